The van der Waals surface area contributed by atoms with Crippen molar-refractivity contribution in [3.05, 3.63) is 29.8 Å². The largest absolute Gasteiger partial charge is 0.360 e. The van der Waals surface area contributed by atoms with Crippen LogP contribution in [-0.4, -0.2) is 44.0 Å². The van der Waals surface area contributed by atoms with E-state index in [1.165, 1.54) is 5.56 Å². The molecule has 1 heterocycles. The lowest BCUT2D eigenvalue weighted by Crippen LogP contribution is -2.48. The second-order valence-corrected chi connectivity index (χ2v) is 5.15. The molecule has 0 saturated carbocycles. The fraction of sp³-hybridized carbons (Fsp3) is 0.533. The summed E-state index contributed by atoms with van der Waals surface area (Å²) in [6.07, 6.45) is 3.30. The van der Waals surface area contributed by atoms with Gasteiger partial charge in [-0.25, -0.2) is 0 Å². The smallest absolute Gasteiger partial charge is 0.241 e. The summed E-state index contributed by atoms with van der Waals surface area (Å²) in [6.45, 7) is 2.97. The van der Waals surface area contributed by atoms with Crippen molar-refractivity contribution < 1.29 is 4.79 Å². The van der Waals surface area contributed by atoms with Crippen molar-refractivity contribution in [3.8, 4) is 0 Å². The molecule has 1 amide bonds. The number of hydrogen-bond donors (Lipinski definition) is 1. The van der Waals surface area contributed by atoms with E-state index < -0.39 is 0 Å². The highest BCUT2D eigenvalue weighted by Gasteiger charge is 2.20. The highest BCUT2D eigenvalue weighted by atomic mass is 16.2. The van der Waals surface area contributed by atoms with Crippen LogP contribution in [0.15, 0.2) is 24.3 Å². The quantitative estimate of drug-likeness (QED) is 0.812. The highest BCUT2D eigenvalue weighted by molar-refractivity contribution is 5.82. The Morgan fingerprint density at radius 1 is 1.16 bits per heavy atom. The van der Waals surface area contributed by atoms with Crippen molar-refractivity contribution in [1.29, 1.82) is 0 Å². The van der Waals surface area contributed by atoms with Crippen LogP contribution in [0.25, 0.3) is 0 Å². The van der Waals surface area contributed by atoms with E-state index in [1.807, 2.05) is 7.05 Å². The maximum Gasteiger partial charge on any atom is 0.241 e. The first kappa shape index (κ1) is 13.9. The van der Waals surface area contributed by atoms with Gasteiger partial charge in [-0.05, 0) is 43.5 Å². The summed E-state index contributed by atoms with van der Waals surface area (Å²) >= 11 is 0. The van der Waals surface area contributed by atoms with Crippen LogP contribution in [0, 0.1) is 0 Å². The molecular weight excluding hydrogens is 238 g/mol. The van der Waals surface area contributed by atoms with E-state index in [2.05, 4.69) is 29.2 Å². The number of carbonyl (C=O) groups excluding carboxylic acids is 1. The Morgan fingerprint density at radius 2 is 1.89 bits per heavy atom. The number of anilines is 1. The van der Waals surface area contributed by atoms with Gasteiger partial charge in [-0.1, -0.05) is 12.1 Å². The van der Waals surface area contributed by atoms with Gasteiger partial charge in [-0.2, -0.15) is 0 Å². The fourth-order valence-electron chi connectivity index (χ4n) is 2.33. The number of likely N-dealkylation sites (N-methyl/N-ethyl adjacent to an activating group) is 1. The number of piperazine rings is 1. The predicted octanol–water partition coefficient (Wildman–Crippen LogP) is 1.25. The topological polar surface area (TPSA) is 49.6 Å². The number of carbonyl (C=O) groups is 1. The Kier molecular flexibility index (Phi) is 4.80. The van der Waals surface area contributed by atoms with Gasteiger partial charge in [0.25, 0.3) is 0 Å². The van der Waals surface area contributed by atoms with Crippen LogP contribution in [0.2, 0.25) is 0 Å². The summed E-state index contributed by atoms with van der Waals surface area (Å²) in [4.78, 5) is 15.6. The van der Waals surface area contributed by atoms with Gasteiger partial charge in [0.1, 0.15) is 0 Å². The molecule has 0 atom stereocenters. The number of hydrogen-bond acceptors (Lipinski definition) is 3. The molecule has 2 N–H and O–H groups in total. The molecule has 1 aromatic carbocycles. The normalized spacial score (nSPS) is 16.0. The van der Waals surface area contributed by atoms with Crippen LogP contribution in [0.1, 0.15) is 18.4 Å². The molecule has 0 aromatic heterocycles. The van der Waals surface area contributed by atoms with Gasteiger partial charge in [-0.3, -0.25) is 4.79 Å². The minimum atomic E-state index is 0.193. The Labute approximate surface area is 115 Å². The van der Waals surface area contributed by atoms with E-state index in [-0.39, 0.29) is 5.91 Å². The average Bonchev–Trinajstić information content (AvgIpc) is 2.43. The zero-order valence-corrected chi connectivity index (χ0v) is 11.6. The number of nitrogens with zero attached hydrogens (tertiary/aromatic N) is 2. The number of aryl methyl sites for hydroxylation is 1. The molecule has 0 radical (unpaired) electrons. The molecule has 1 aromatic rings. The molecule has 0 bridgehead atoms. The van der Waals surface area contributed by atoms with E-state index >= 15 is 0 Å². The Morgan fingerprint density at radius 3 is 2.53 bits per heavy atom. The molecule has 2 rings (SSSR count). The van der Waals surface area contributed by atoms with E-state index in [0.29, 0.717) is 6.54 Å². The van der Waals surface area contributed by atoms with Crippen LogP contribution in [0.4, 0.5) is 5.69 Å². The van der Waals surface area contributed by atoms with E-state index in [4.69, 9.17) is 5.73 Å². The number of benzene rings is 1. The van der Waals surface area contributed by atoms with Crippen molar-refractivity contribution in [2.45, 2.75) is 19.3 Å². The van der Waals surface area contributed by atoms with Gasteiger partial charge >= 0.3 is 0 Å². The Hall–Kier alpha value is -1.55. The van der Waals surface area contributed by atoms with Crippen molar-refractivity contribution >= 4 is 11.6 Å². The molecule has 0 aliphatic carbocycles. The van der Waals surface area contributed by atoms with Crippen LogP contribution in [0.5, 0.6) is 0 Å². The van der Waals surface area contributed by atoms with E-state index in [0.717, 1.165) is 44.6 Å². The molecule has 1 saturated heterocycles. The summed E-state index contributed by atoms with van der Waals surface area (Å²) in [5.41, 5.74) is 7.98. The molecule has 0 spiro atoms. The van der Waals surface area contributed by atoms with Crippen molar-refractivity contribution in [1.82, 2.24) is 4.90 Å². The standard InChI is InChI=1S/C15H23N3O/c1-17-10-11-18(12-15(17)19)14-7-5-13(6-8-14)4-2-3-9-16/h5-8H,2-4,9-12,16H2,1H3. The molecule has 1 fully saturated rings. The van der Waals surface area contributed by atoms with Gasteiger partial charge in [-0.15, -0.1) is 0 Å². The summed E-state index contributed by atoms with van der Waals surface area (Å²) < 4.78 is 0. The second-order valence-electron chi connectivity index (χ2n) is 5.15. The molecule has 19 heavy (non-hydrogen) atoms. The third kappa shape index (κ3) is 3.70. The molecule has 1 aliphatic rings. The second kappa shape index (κ2) is 6.57. The SMILES string of the molecule is CN1CCN(c2ccc(CCCCN)cc2)CC1=O. The Balaban J connectivity index is 1.93. The lowest BCUT2D eigenvalue weighted by atomic mass is 10.1. The third-order valence-corrected chi connectivity index (χ3v) is 3.68. The Bertz CT molecular complexity index is 416. The number of amides is 1. The molecule has 4 nitrogen and oxygen atoms in total. The van der Waals surface area contributed by atoms with Crippen LogP contribution in [-0.2, 0) is 11.2 Å². The van der Waals surface area contributed by atoms with Crippen LogP contribution >= 0.6 is 0 Å². The molecule has 4 heteroatoms. The van der Waals surface area contributed by atoms with Crippen molar-refractivity contribution in [3.63, 3.8) is 0 Å². The maximum atomic E-state index is 11.7. The summed E-state index contributed by atoms with van der Waals surface area (Å²) in [5, 5.41) is 0. The third-order valence-electron chi connectivity index (χ3n) is 3.68. The van der Waals surface area contributed by atoms with Crippen molar-refractivity contribution in [2.24, 2.45) is 5.73 Å². The first-order chi connectivity index (χ1) is 9.20. The minimum absolute atomic E-state index is 0.193. The van der Waals surface area contributed by atoms with Gasteiger partial charge in [0.2, 0.25) is 5.91 Å². The summed E-state index contributed by atoms with van der Waals surface area (Å²) in [7, 11) is 1.86. The number of unbranched alkanes of at least 4 members (excludes halogenated alkanes) is 1. The van der Waals surface area contributed by atoms with Gasteiger partial charge in [0, 0.05) is 25.8 Å². The van der Waals surface area contributed by atoms with E-state index in [1.54, 1.807) is 4.90 Å². The lowest BCUT2D eigenvalue weighted by molar-refractivity contribution is -0.129. The first-order valence-corrected chi connectivity index (χ1v) is 6.98. The fourth-order valence-corrected chi connectivity index (χ4v) is 2.33. The molecule has 0 unspecified atom stereocenters. The van der Waals surface area contributed by atoms with Gasteiger partial charge < -0.3 is 15.5 Å². The first-order valence-electron chi connectivity index (χ1n) is 6.98. The average molecular weight is 261 g/mol. The molecule has 104 valence electrons. The number of rotatable bonds is 5. The zero-order valence-electron chi connectivity index (χ0n) is 11.6. The van der Waals surface area contributed by atoms with Gasteiger partial charge in [0.05, 0.1) is 6.54 Å². The minimum Gasteiger partial charge on any atom is -0.360 e. The lowest BCUT2D eigenvalue weighted by Gasteiger charge is -2.33. The zero-order chi connectivity index (χ0) is 13.7. The highest BCUT2D eigenvalue weighted by Crippen LogP contribution is 2.18. The van der Waals surface area contributed by atoms with Crippen molar-refractivity contribution in [2.75, 3.05) is 38.1 Å². The summed E-state index contributed by atoms with van der Waals surface area (Å²) in [6, 6.07) is 8.57. The summed E-state index contributed by atoms with van der Waals surface area (Å²) in [5.74, 6) is 0.193. The maximum absolute atomic E-state index is 11.7. The molecule has 1 aliphatic heterocycles. The predicted molar refractivity (Wildman–Crippen MR) is 78.3 cm³/mol. The van der Waals surface area contributed by atoms with E-state index in [9.17, 15) is 4.79 Å². The van der Waals surface area contributed by atoms with Crippen LogP contribution in [0.3, 0.4) is 0 Å². The molecular formula is C15H23N3O. The monoisotopic (exact) mass is 261 g/mol. The number of nitrogens with two attached hydrogens (primary N) is 1. The van der Waals surface area contributed by atoms with Gasteiger partial charge in [0.15, 0.2) is 0 Å². The van der Waals surface area contributed by atoms with Crippen LogP contribution < -0.4 is 10.6 Å².